The van der Waals surface area contributed by atoms with Crippen LogP contribution < -0.4 is 28.4 Å². The highest BCUT2D eigenvalue weighted by Crippen LogP contribution is 2.57. The molecule has 0 radical (unpaired) electrons. The summed E-state index contributed by atoms with van der Waals surface area (Å²) in [6.45, 7) is 22.1. The Morgan fingerprint density at radius 1 is 0.264 bits per heavy atom. The molecule has 6 nitrogen and oxygen atoms in total. The average molecular weight is 967 g/mol. The van der Waals surface area contributed by atoms with Crippen molar-refractivity contribution in [3.05, 3.63) is 179 Å². The van der Waals surface area contributed by atoms with Gasteiger partial charge < -0.3 is 28.4 Å². The number of ether oxygens (including phenoxy) is 6. The first-order valence-corrected chi connectivity index (χ1v) is 26.8. The van der Waals surface area contributed by atoms with Gasteiger partial charge in [-0.1, -0.05) is 135 Å². The molecule has 72 heavy (non-hydrogen) atoms. The standard InChI is InChI=1S/C66H78O6/c1-46-34-61(4,5)40-64(37-46)49-10-22-55(23-11-49)67-43-69-57-26-14-51(15-27-57)65(38-47(2)35-62(6,7)41-65)53-18-30-59(31-19-53)71-45-72-60-32-20-54(21-33-60)66(39-48(3)36-63(8,9)42-66)52-16-28-58(29-17-52)70-44-68-56-24-12-50(64)13-25-56/h10-33,46-48H,34-45H2,1-9H3. The van der Waals surface area contributed by atoms with E-state index in [-0.39, 0.29) is 52.9 Å². The van der Waals surface area contributed by atoms with Crippen molar-refractivity contribution in [1.82, 2.24) is 0 Å². The molecule has 19 rings (SSSR count). The van der Waals surface area contributed by atoms with Gasteiger partial charge in [0, 0.05) is 16.2 Å². The fourth-order valence-electron chi connectivity index (χ4n) is 15.3. The molecule has 378 valence electrons. The van der Waals surface area contributed by atoms with Gasteiger partial charge in [-0.05, 0) is 198 Å². The molecule has 3 unspecified atom stereocenters. The Labute approximate surface area is 430 Å². The van der Waals surface area contributed by atoms with E-state index in [1.54, 1.807) is 0 Å². The maximum atomic E-state index is 6.25. The molecule has 3 fully saturated rings. The molecule has 0 N–H and O–H groups in total. The van der Waals surface area contributed by atoms with Gasteiger partial charge in [0.15, 0.2) is 0 Å². The Morgan fingerprint density at radius 3 is 0.583 bits per heavy atom. The van der Waals surface area contributed by atoms with E-state index < -0.39 is 0 Å². The molecule has 13 aliphatic rings. The molecule has 6 heteroatoms. The smallest absolute Gasteiger partial charge is 0.230 e. The summed E-state index contributed by atoms with van der Waals surface area (Å²) in [4.78, 5) is 0. The molecule has 6 aromatic rings. The van der Waals surface area contributed by atoms with E-state index in [9.17, 15) is 0 Å². The van der Waals surface area contributed by atoms with Crippen molar-refractivity contribution in [1.29, 1.82) is 0 Å². The highest BCUT2D eigenvalue weighted by atomic mass is 16.7. The Morgan fingerprint density at radius 2 is 0.431 bits per heavy atom. The highest BCUT2D eigenvalue weighted by Gasteiger charge is 2.48. The Hall–Kier alpha value is -5.88. The van der Waals surface area contributed by atoms with Crippen LogP contribution in [0, 0.1) is 34.0 Å². The number of hydrogen-bond acceptors (Lipinski definition) is 6. The minimum absolute atomic E-state index is 0.120. The summed E-state index contributed by atoms with van der Waals surface area (Å²) in [5.41, 5.74) is 7.94. The highest BCUT2D eigenvalue weighted by molar-refractivity contribution is 5.48. The van der Waals surface area contributed by atoms with Crippen molar-refractivity contribution in [2.75, 3.05) is 20.4 Å². The van der Waals surface area contributed by atoms with E-state index in [1.807, 2.05) is 0 Å². The molecular weight excluding hydrogens is 889 g/mol. The molecule has 10 aliphatic heterocycles. The first kappa shape index (κ1) is 49.7. The maximum Gasteiger partial charge on any atom is 0.230 e. The van der Waals surface area contributed by atoms with Gasteiger partial charge >= 0.3 is 0 Å². The monoisotopic (exact) mass is 967 g/mol. The Bertz CT molecular complexity index is 2300. The summed E-state index contributed by atoms with van der Waals surface area (Å²) >= 11 is 0. The third kappa shape index (κ3) is 10.5. The zero-order valence-corrected chi connectivity index (χ0v) is 44.5. The van der Waals surface area contributed by atoms with E-state index in [4.69, 9.17) is 28.4 Å². The molecule has 3 saturated carbocycles. The van der Waals surface area contributed by atoms with Crippen LogP contribution in [0.5, 0.6) is 34.5 Å². The Kier molecular flexibility index (Phi) is 13.5. The van der Waals surface area contributed by atoms with Gasteiger partial charge in [0.25, 0.3) is 0 Å². The van der Waals surface area contributed by atoms with Gasteiger partial charge in [-0.25, -0.2) is 0 Å². The number of benzene rings is 6. The molecule has 0 aromatic heterocycles. The fraction of sp³-hybridized carbons (Fsp3) is 0.455. The molecule has 3 spiro atoms. The van der Waals surface area contributed by atoms with Crippen molar-refractivity contribution in [2.45, 2.75) is 136 Å². The summed E-state index contributed by atoms with van der Waals surface area (Å²) in [7, 11) is 0. The second-order valence-corrected chi connectivity index (χ2v) is 25.2. The van der Waals surface area contributed by atoms with Crippen molar-refractivity contribution in [3.63, 3.8) is 0 Å². The van der Waals surface area contributed by atoms with E-state index in [2.05, 4.69) is 208 Å². The molecule has 12 bridgehead atoms. The minimum Gasteiger partial charge on any atom is -0.458 e. The first-order chi connectivity index (χ1) is 34.4. The van der Waals surface area contributed by atoms with Crippen LogP contribution in [-0.2, 0) is 16.2 Å². The third-order valence-corrected chi connectivity index (χ3v) is 16.9. The van der Waals surface area contributed by atoms with Crippen LogP contribution in [0.4, 0.5) is 0 Å². The zero-order chi connectivity index (χ0) is 50.4. The predicted molar refractivity (Wildman–Crippen MR) is 290 cm³/mol. The summed E-state index contributed by atoms with van der Waals surface area (Å²) in [5, 5.41) is 0. The lowest BCUT2D eigenvalue weighted by atomic mass is 9.55. The van der Waals surface area contributed by atoms with Gasteiger partial charge in [0.05, 0.1) is 0 Å². The molecule has 0 amide bonds. The van der Waals surface area contributed by atoms with Gasteiger partial charge in [-0.3, -0.25) is 0 Å². The lowest BCUT2D eigenvalue weighted by molar-refractivity contribution is 0.118. The summed E-state index contributed by atoms with van der Waals surface area (Å²) in [5.74, 6) is 6.43. The normalized spacial score (nSPS) is 27.9. The van der Waals surface area contributed by atoms with E-state index >= 15 is 0 Å². The van der Waals surface area contributed by atoms with E-state index in [0.29, 0.717) is 17.8 Å². The van der Waals surface area contributed by atoms with Crippen molar-refractivity contribution in [3.8, 4) is 34.5 Å². The van der Waals surface area contributed by atoms with E-state index in [1.165, 1.54) is 52.6 Å². The Balaban J connectivity index is 0.963. The van der Waals surface area contributed by atoms with Gasteiger partial charge in [-0.2, -0.15) is 0 Å². The van der Waals surface area contributed by atoms with E-state index in [0.717, 1.165) is 73.0 Å². The molecular formula is C66H78O6. The second-order valence-electron chi connectivity index (χ2n) is 25.2. The largest absolute Gasteiger partial charge is 0.458 e. The van der Waals surface area contributed by atoms with Crippen LogP contribution in [0.1, 0.15) is 153 Å². The summed E-state index contributed by atoms with van der Waals surface area (Å²) in [6, 6.07) is 52.5. The topological polar surface area (TPSA) is 55.4 Å². The van der Waals surface area contributed by atoms with Gasteiger partial charge in [0.2, 0.25) is 20.4 Å². The maximum absolute atomic E-state index is 6.25. The van der Waals surface area contributed by atoms with Gasteiger partial charge in [0.1, 0.15) is 34.5 Å². The lowest BCUT2D eigenvalue weighted by Crippen LogP contribution is -2.41. The zero-order valence-electron chi connectivity index (χ0n) is 44.5. The van der Waals surface area contributed by atoms with Crippen LogP contribution in [-0.4, -0.2) is 20.4 Å². The SMILES string of the molecule is CC1CC(C)(C)CC2(C1)c1ccc(cc1)OCOc1ccc(cc1)C1(CC(C)CC(C)(C)C1)c1ccc(cc1)OCOc1ccc(cc1)C1(CC(C)CC(C)(C)C1)c1ccc(cc1)OCOc1ccc2cc1. The van der Waals surface area contributed by atoms with Crippen molar-refractivity contribution >= 4 is 0 Å². The fourth-order valence-corrected chi connectivity index (χ4v) is 15.3. The molecule has 0 saturated heterocycles. The van der Waals surface area contributed by atoms with Crippen LogP contribution in [0.25, 0.3) is 0 Å². The van der Waals surface area contributed by atoms with Crippen LogP contribution in [0.3, 0.4) is 0 Å². The number of rotatable bonds is 0. The predicted octanol–water partition coefficient (Wildman–Crippen LogP) is 16.6. The van der Waals surface area contributed by atoms with Crippen LogP contribution >= 0.6 is 0 Å². The minimum atomic E-state index is -0.152. The van der Waals surface area contributed by atoms with Crippen LogP contribution in [0.15, 0.2) is 146 Å². The van der Waals surface area contributed by atoms with Crippen LogP contribution in [0.2, 0.25) is 0 Å². The first-order valence-electron chi connectivity index (χ1n) is 26.8. The molecule has 10 heterocycles. The third-order valence-electron chi connectivity index (χ3n) is 16.9. The average Bonchev–Trinajstić information content (AvgIpc) is 3.33. The number of hydrogen-bond donors (Lipinski definition) is 0. The second kappa shape index (κ2) is 19.5. The lowest BCUT2D eigenvalue weighted by Gasteiger charge is -2.48. The summed E-state index contributed by atoms with van der Waals surface area (Å²) < 4.78 is 37.5. The van der Waals surface area contributed by atoms with Crippen molar-refractivity contribution in [2.24, 2.45) is 34.0 Å². The molecule has 3 atom stereocenters. The summed E-state index contributed by atoms with van der Waals surface area (Å²) in [6.07, 6.45) is 9.99. The van der Waals surface area contributed by atoms with Crippen molar-refractivity contribution < 1.29 is 28.4 Å². The molecule has 6 aromatic carbocycles. The quantitative estimate of drug-likeness (QED) is 0.151. The van der Waals surface area contributed by atoms with Gasteiger partial charge in [-0.15, -0.1) is 0 Å². The molecule has 3 aliphatic carbocycles.